The molecule has 104 valence electrons. The molecule has 2 aliphatic heterocycles. The Kier molecular flexibility index (Phi) is 5.66. The van der Waals surface area contributed by atoms with Gasteiger partial charge in [0.05, 0.1) is 0 Å². The van der Waals surface area contributed by atoms with Crippen LogP contribution in [0.2, 0.25) is 0 Å². The highest BCUT2D eigenvalue weighted by Crippen LogP contribution is 2.49. The van der Waals surface area contributed by atoms with Crippen molar-refractivity contribution < 1.29 is 0 Å². The van der Waals surface area contributed by atoms with E-state index in [1.54, 1.807) is 0 Å². The molecule has 0 aromatic carbocycles. The van der Waals surface area contributed by atoms with Gasteiger partial charge in [0, 0.05) is 10.5 Å². The Morgan fingerprint density at radius 2 is 1.50 bits per heavy atom. The molecular weight excluding hydrogens is 236 g/mol. The molecule has 2 rings (SSSR count). The van der Waals surface area contributed by atoms with Crippen molar-refractivity contribution in [2.24, 2.45) is 17.8 Å². The highest BCUT2D eigenvalue weighted by atomic mass is 32.2. The molecule has 18 heavy (non-hydrogen) atoms. The number of fused-ring (bicyclic) bond motifs is 2. The van der Waals surface area contributed by atoms with E-state index in [-0.39, 0.29) is 0 Å². The predicted octanol–water partition coefficient (Wildman–Crippen LogP) is 5.68. The van der Waals surface area contributed by atoms with Gasteiger partial charge in [0.2, 0.25) is 0 Å². The first-order valence-corrected chi connectivity index (χ1v) is 8.96. The minimum atomic E-state index is 0.761. The molecule has 0 nitrogen and oxygen atoms in total. The number of hydrogen-bond acceptors (Lipinski definition) is 1. The van der Waals surface area contributed by atoms with Crippen LogP contribution in [-0.4, -0.2) is 10.5 Å². The van der Waals surface area contributed by atoms with Crippen molar-refractivity contribution in [2.75, 3.05) is 0 Å². The summed E-state index contributed by atoms with van der Waals surface area (Å²) >= 11 is 2.30. The van der Waals surface area contributed by atoms with Gasteiger partial charge in [-0.15, -0.1) is 6.58 Å². The zero-order valence-electron chi connectivity index (χ0n) is 12.2. The lowest BCUT2D eigenvalue weighted by molar-refractivity contribution is 0.344. The van der Waals surface area contributed by atoms with Gasteiger partial charge in [0.1, 0.15) is 0 Å². The third kappa shape index (κ3) is 3.35. The van der Waals surface area contributed by atoms with E-state index < -0.39 is 0 Å². The van der Waals surface area contributed by atoms with Crippen LogP contribution in [0, 0.1) is 17.8 Å². The van der Waals surface area contributed by atoms with Crippen LogP contribution in [-0.2, 0) is 0 Å². The van der Waals surface area contributed by atoms with Crippen LogP contribution in [0.1, 0.15) is 65.2 Å². The van der Waals surface area contributed by atoms with Gasteiger partial charge >= 0.3 is 0 Å². The monoisotopic (exact) mass is 266 g/mol. The van der Waals surface area contributed by atoms with Gasteiger partial charge in [-0.1, -0.05) is 58.4 Å². The Hall–Kier alpha value is 0.0900. The lowest BCUT2D eigenvalue weighted by Gasteiger charge is -2.24. The molecule has 5 atom stereocenters. The number of rotatable bonds is 1. The number of allylic oxidation sites excluding steroid dienone is 1. The molecule has 2 fully saturated rings. The van der Waals surface area contributed by atoms with Crippen molar-refractivity contribution in [3.63, 3.8) is 0 Å². The average Bonchev–Trinajstić information content (AvgIpc) is 2.64. The van der Waals surface area contributed by atoms with E-state index in [4.69, 9.17) is 0 Å². The largest absolute Gasteiger partial charge is 0.154 e. The van der Waals surface area contributed by atoms with E-state index in [2.05, 4.69) is 38.3 Å². The average molecular weight is 266 g/mol. The minimum Gasteiger partial charge on any atom is -0.154 e. The Balaban J connectivity index is 2.04. The van der Waals surface area contributed by atoms with Crippen molar-refractivity contribution in [1.82, 2.24) is 0 Å². The maximum Gasteiger partial charge on any atom is 0.0141 e. The molecule has 0 N–H and O–H groups in total. The van der Waals surface area contributed by atoms with Crippen LogP contribution in [0.3, 0.4) is 0 Å². The maximum atomic E-state index is 4.12. The minimum absolute atomic E-state index is 0.761. The van der Waals surface area contributed by atoms with Crippen molar-refractivity contribution in [3.8, 4) is 0 Å². The summed E-state index contributed by atoms with van der Waals surface area (Å²) in [7, 11) is 0. The zero-order valence-corrected chi connectivity index (χ0v) is 13.1. The summed E-state index contributed by atoms with van der Waals surface area (Å²) in [6, 6.07) is 0. The molecule has 3 unspecified atom stereocenters. The SMILES string of the molecule is C=C[C@H]1CCCCCCCC[C@H]2SC1C(C)C2C. The standard InChI is InChI=1S/C17H30S/c1-4-15-11-9-7-5-6-8-10-12-16-13(2)14(3)17(15)18-16/h4,13-17H,1,5-12H2,2-3H3/t13?,14?,15-,16+,17?/m0/s1. The number of hydrogen-bond donors (Lipinski definition) is 0. The first-order valence-electron chi connectivity index (χ1n) is 8.02. The van der Waals surface area contributed by atoms with Gasteiger partial charge in [-0.2, -0.15) is 11.8 Å². The lowest BCUT2D eigenvalue weighted by Crippen LogP contribution is -2.22. The normalized spacial score (nSPS) is 42.9. The van der Waals surface area contributed by atoms with Gasteiger partial charge in [-0.25, -0.2) is 0 Å². The fourth-order valence-corrected chi connectivity index (χ4v) is 5.90. The van der Waals surface area contributed by atoms with Crippen LogP contribution in [0.4, 0.5) is 0 Å². The molecule has 2 heterocycles. The molecule has 0 aromatic rings. The molecule has 0 spiro atoms. The lowest BCUT2D eigenvalue weighted by atomic mass is 9.82. The summed E-state index contributed by atoms with van der Waals surface area (Å²) in [6.07, 6.45) is 13.8. The second-order valence-electron chi connectivity index (χ2n) is 6.46. The zero-order chi connectivity index (χ0) is 13.0. The van der Waals surface area contributed by atoms with Crippen LogP contribution in [0.25, 0.3) is 0 Å². The highest BCUT2D eigenvalue weighted by molar-refractivity contribution is 8.00. The number of thioether (sulfide) groups is 1. The van der Waals surface area contributed by atoms with Crippen molar-refractivity contribution in [3.05, 3.63) is 12.7 Å². The van der Waals surface area contributed by atoms with Gasteiger partial charge in [-0.05, 0) is 30.6 Å². The third-order valence-corrected chi connectivity index (χ3v) is 7.37. The molecule has 0 amide bonds. The summed E-state index contributed by atoms with van der Waals surface area (Å²) in [5.74, 6) is 2.55. The van der Waals surface area contributed by atoms with Gasteiger partial charge < -0.3 is 0 Å². The third-order valence-electron chi connectivity index (χ3n) is 5.27. The second-order valence-corrected chi connectivity index (χ2v) is 7.88. The predicted molar refractivity (Wildman–Crippen MR) is 84.1 cm³/mol. The smallest absolute Gasteiger partial charge is 0.0141 e. The Labute approximate surface area is 118 Å². The van der Waals surface area contributed by atoms with E-state index in [9.17, 15) is 0 Å². The van der Waals surface area contributed by atoms with Gasteiger partial charge in [0.15, 0.2) is 0 Å². The second kappa shape index (κ2) is 7.03. The quantitative estimate of drug-likeness (QED) is 0.550. The first-order chi connectivity index (χ1) is 8.74. The summed E-state index contributed by atoms with van der Waals surface area (Å²) < 4.78 is 0. The van der Waals surface area contributed by atoms with Gasteiger partial charge in [-0.3, -0.25) is 0 Å². The summed E-state index contributed by atoms with van der Waals surface area (Å²) in [5.41, 5.74) is 0. The fourth-order valence-electron chi connectivity index (χ4n) is 3.76. The van der Waals surface area contributed by atoms with Crippen molar-refractivity contribution in [1.29, 1.82) is 0 Å². The van der Waals surface area contributed by atoms with Crippen molar-refractivity contribution >= 4 is 11.8 Å². The van der Waals surface area contributed by atoms with Crippen LogP contribution in [0.5, 0.6) is 0 Å². The van der Waals surface area contributed by atoms with Gasteiger partial charge in [0.25, 0.3) is 0 Å². The van der Waals surface area contributed by atoms with E-state index in [0.717, 1.165) is 28.3 Å². The molecule has 1 heteroatoms. The molecular formula is C17H30S. The summed E-state index contributed by atoms with van der Waals surface area (Å²) in [4.78, 5) is 0. The molecule has 0 aromatic heterocycles. The summed E-state index contributed by atoms with van der Waals surface area (Å²) in [5, 5.41) is 1.77. The van der Waals surface area contributed by atoms with Crippen molar-refractivity contribution in [2.45, 2.75) is 75.7 Å². The molecule has 0 aliphatic carbocycles. The fraction of sp³-hybridized carbons (Fsp3) is 0.882. The van der Waals surface area contributed by atoms with Crippen LogP contribution < -0.4 is 0 Å². The van der Waals surface area contributed by atoms with E-state index in [1.165, 1.54) is 51.4 Å². The van der Waals surface area contributed by atoms with E-state index >= 15 is 0 Å². The topological polar surface area (TPSA) is 0 Å². The van der Waals surface area contributed by atoms with E-state index in [0.29, 0.717) is 0 Å². The molecule has 2 aliphatic rings. The van der Waals surface area contributed by atoms with E-state index in [1.807, 2.05) is 0 Å². The maximum absolute atomic E-state index is 4.12. The molecule has 0 saturated carbocycles. The summed E-state index contributed by atoms with van der Waals surface area (Å²) in [6.45, 7) is 9.09. The molecule has 2 bridgehead atoms. The molecule has 2 saturated heterocycles. The Morgan fingerprint density at radius 3 is 2.17 bits per heavy atom. The van der Waals surface area contributed by atoms with Crippen LogP contribution in [0.15, 0.2) is 12.7 Å². The molecule has 0 radical (unpaired) electrons. The Morgan fingerprint density at radius 1 is 0.889 bits per heavy atom. The van der Waals surface area contributed by atoms with Crippen LogP contribution >= 0.6 is 11.8 Å². The Bertz CT molecular complexity index is 260. The first kappa shape index (κ1) is 14.5. The highest BCUT2D eigenvalue weighted by Gasteiger charge is 2.40.